The Morgan fingerprint density at radius 1 is 1.15 bits per heavy atom. The van der Waals surface area contributed by atoms with Crippen molar-refractivity contribution in [3.05, 3.63) is 38.1 Å². The van der Waals surface area contributed by atoms with E-state index in [4.69, 9.17) is 11.6 Å². The number of hydrogen-bond acceptors (Lipinski definition) is 4. The second kappa shape index (κ2) is 4.45. The van der Waals surface area contributed by atoms with E-state index in [0.29, 0.717) is 17.9 Å². The lowest BCUT2D eigenvalue weighted by Gasteiger charge is -2.17. The van der Waals surface area contributed by atoms with Gasteiger partial charge in [-0.2, -0.15) is 0 Å². The molecule has 1 aromatic heterocycles. The highest BCUT2D eigenvalue weighted by Crippen LogP contribution is 2.39. The van der Waals surface area contributed by atoms with Crippen LogP contribution in [0.4, 0.5) is 5.69 Å². The fraction of sp³-hybridized carbons (Fsp3) is 0.333. The van der Waals surface area contributed by atoms with Crippen molar-refractivity contribution in [2.24, 2.45) is 11.8 Å². The lowest BCUT2D eigenvalue weighted by Crippen LogP contribution is -2.37. The molecule has 0 aromatic carbocycles. The van der Waals surface area contributed by atoms with Crippen LogP contribution in [0.5, 0.6) is 0 Å². The largest absolute Gasteiger partial charge is 0.325 e. The maximum absolute atomic E-state index is 12.3. The number of fused-ring (bicyclic) bond motifs is 1. The van der Waals surface area contributed by atoms with E-state index in [0.717, 1.165) is 11.1 Å². The number of imide groups is 1. The third-order valence-corrected chi connectivity index (χ3v) is 3.92. The predicted octanol–water partition coefficient (Wildman–Crippen LogP) is 0.0853. The fourth-order valence-corrected chi connectivity index (χ4v) is 2.89. The molecular formula is C12H10ClN3O4. The average Bonchev–Trinajstić information content (AvgIpc) is 2.63. The molecule has 0 radical (unpaired) electrons. The highest BCUT2D eigenvalue weighted by atomic mass is 35.5. The zero-order valence-corrected chi connectivity index (χ0v) is 10.9. The molecule has 2 aliphatic rings. The van der Waals surface area contributed by atoms with Gasteiger partial charge in [0.25, 0.3) is 5.56 Å². The average molecular weight is 296 g/mol. The van der Waals surface area contributed by atoms with Crippen molar-refractivity contribution in [1.82, 2.24) is 9.97 Å². The van der Waals surface area contributed by atoms with Crippen molar-refractivity contribution < 1.29 is 9.59 Å². The van der Waals surface area contributed by atoms with Gasteiger partial charge < -0.3 is 4.98 Å². The molecule has 0 spiro atoms. The van der Waals surface area contributed by atoms with Crippen LogP contribution in [0.15, 0.2) is 26.9 Å². The van der Waals surface area contributed by atoms with Crippen LogP contribution in [0, 0.1) is 11.8 Å². The van der Waals surface area contributed by atoms with Gasteiger partial charge >= 0.3 is 5.69 Å². The maximum Gasteiger partial charge on any atom is 0.325 e. The molecule has 20 heavy (non-hydrogen) atoms. The maximum atomic E-state index is 12.3. The summed E-state index contributed by atoms with van der Waals surface area (Å²) in [6.07, 6.45) is 3.47. The summed E-state index contributed by atoms with van der Waals surface area (Å²) in [5.41, 5.74) is -1.63. The standard InChI is InChI=1S/C12H10ClN3O4/c13-5-1-2-6-7(3-5)11(19)16(10(6)18)8-4-14-12(20)15-9(8)17/h1,4,6-7H,2-3H2,(H2,14,15,17,20)/t6-,7-/m1/s1. The predicted molar refractivity (Wildman–Crippen MR) is 70.3 cm³/mol. The van der Waals surface area contributed by atoms with Gasteiger partial charge in [-0.25, -0.2) is 9.69 Å². The van der Waals surface area contributed by atoms with Gasteiger partial charge in [-0.15, -0.1) is 0 Å². The summed E-state index contributed by atoms with van der Waals surface area (Å²) >= 11 is 5.91. The van der Waals surface area contributed by atoms with E-state index in [-0.39, 0.29) is 5.69 Å². The first-order valence-corrected chi connectivity index (χ1v) is 6.41. The molecule has 3 rings (SSSR count). The van der Waals surface area contributed by atoms with Crippen molar-refractivity contribution in [2.75, 3.05) is 4.90 Å². The summed E-state index contributed by atoms with van der Waals surface area (Å²) in [6.45, 7) is 0. The number of allylic oxidation sites excluding steroid dienone is 2. The van der Waals surface area contributed by atoms with Crippen LogP contribution < -0.4 is 16.1 Å². The Bertz CT molecular complexity index is 748. The van der Waals surface area contributed by atoms with Crippen LogP contribution in [-0.4, -0.2) is 21.8 Å². The zero-order chi connectivity index (χ0) is 14.4. The van der Waals surface area contributed by atoms with Crippen molar-refractivity contribution in [3.8, 4) is 0 Å². The zero-order valence-electron chi connectivity index (χ0n) is 10.2. The normalized spacial score (nSPS) is 25.6. The second-order valence-corrected chi connectivity index (χ2v) is 5.26. The third kappa shape index (κ3) is 1.82. The molecule has 0 unspecified atom stereocenters. The van der Waals surface area contributed by atoms with Gasteiger partial charge in [-0.1, -0.05) is 17.7 Å². The van der Waals surface area contributed by atoms with Gasteiger partial charge in [0.2, 0.25) is 11.8 Å². The number of halogens is 1. The Morgan fingerprint density at radius 3 is 2.55 bits per heavy atom. The Kier molecular flexibility index (Phi) is 2.86. The number of aromatic nitrogens is 2. The van der Waals surface area contributed by atoms with Crippen molar-refractivity contribution >= 4 is 29.1 Å². The molecule has 2 N–H and O–H groups in total. The Hall–Kier alpha value is -2.15. The number of hydrogen-bond donors (Lipinski definition) is 2. The third-order valence-electron chi connectivity index (χ3n) is 3.61. The van der Waals surface area contributed by atoms with E-state index in [9.17, 15) is 19.2 Å². The summed E-state index contributed by atoms with van der Waals surface area (Å²) in [6, 6.07) is 0. The number of carbonyl (C=O) groups is 2. The minimum absolute atomic E-state index is 0.162. The lowest BCUT2D eigenvalue weighted by molar-refractivity contribution is -0.122. The highest BCUT2D eigenvalue weighted by Gasteiger charge is 2.49. The van der Waals surface area contributed by atoms with E-state index >= 15 is 0 Å². The molecule has 1 fully saturated rings. The van der Waals surface area contributed by atoms with Crippen LogP contribution >= 0.6 is 11.6 Å². The molecule has 2 atom stereocenters. The Labute approximate surface area is 117 Å². The molecule has 1 aromatic rings. The summed E-state index contributed by atoms with van der Waals surface area (Å²) in [4.78, 5) is 52.4. The molecule has 7 nitrogen and oxygen atoms in total. The molecule has 0 saturated carbocycles. The second-order valence-electron chi connectivity index (χ2n) is 4.77. The van der Waals surface area contributed by atoms with Gasteiger partial charge in [0.05, 0.1) is 11.8 Å². The smallest absolute Gasteiger partial charge is 0.312 e. The van der Waals surface area contributed by atoms with Crippen molar-refractivity contribution in [2.45, 2.75) is 12.8 Å². The van der Waals surface area contributed by atoms with Gasteiger partial charge in [0.1, 0.15) is 5.69 Å². The fourth-order valence-electron chi connectivity index (χ4n) is 2.63. The van der Waals surface area contributed by atoms with E-state index in [1.54, 1.807) is 6.08 Å². The molecule has 2 amide bonds. The minimum atomic E-state index is -0.770. The first-order chi connectivity index (χ1) is 9.49. The number of rotatable bonds is 1. The van der Waals surface area contributed by atoms with E-state index in [1.165, 1.54) is 0 Å². The van der Waals surface area contributed by atoms with Crippen LogP contribution in [0.3, 0.4) is 0 Å². The topological polar surface area (TPSA) is 103 Å². The van der Waals surface area contributed by atoms with E-state index in [1.807, 2.05) is 4.98 Å². The van der Waals surface area contributed by atoms with Crippen molar-refractivity contribution in [3.63, 3.8) is 0 Å². The quantitative estimate of drug-likeness (QED) is 0.716. The van der Waals surface area contributed by atoms with Crippen LogP contribution in [0.1, 0.15) is 12.8 Å². The molecule has 1 aliphatic carbocycles. The summed E-state index contributed by atoms with van der Waals surface area (Å²) in [5.74, 6) is -1.91. The van der Waals surface area contributed by atoms with Crippen molar-refractivity contribution in [1.29, 1.82) is 0 Å². The number of nitrogens with zero attached hydrogens (tertiary/aromatic N) is 1. The molecule has 0 bridgehead atoms. The minimum Gasteiger partial charge on any atom is -0.312 e. The monoisotopic (exact) mass is 295 g/mol. The molecule has 104 valence electrons. The van der Waals surface area contributed by atoms with Gasteiger partial charge in [0.15, 0.2) is 0 Å². The number of nitrogens with one attached hydrogen (secondary N) is 2. The van der Waals surface area contributed by atoms with Gasteiger partial charge in [0, 0.05) is 11.2 Å². The van der Waals surface area contributed by atoms with Gasteiger partial charge in [-0.05, 0) is 12.8 Å². The SMILES string of the molecule is O=C1[C@@H]2CC=C(Cl)C[C@H]2C(=O)N1c1c[nH]c(=O)[nH]c1=O. The first-order valence-electron chi connectivity index (χ1n) is 6.03. The first kappa shape index (κ1) is 12.9. The van der Waals surface area contributed by atoms with Crippen LogP contribution in [0.25, 0.3) is 0 Å². The molecule has 8 heteroatoms. The van der Waals surface area contributed by atoms with Crippen LogP contribution in [-0.2, 0) is 9.59 Å². The Balaban J connectivity index is 2.04. The Morgan fingerprint density at radius 2 is 1.85 bits per heavy atom. The number of carbonyl (C=O) groups excluding carboxylic acids is 2. The summed E-state index contributed by atoms with van der Waals surface area (Å²) in [5, 5.41) is 0.546. The molecular weight excluding hydrogens is 286 g/mol. The number of amides is 2. The summed E-state index contributed by atoms with van der Waals surface area (Å²) < 4.78 is 0. The van der Waals surface area contributed by atoms with Crippen LogP contribution in [0.2, 0.25) is 0 Å². The number of aromatic amines is 2. The molecule has 2 heterocycles. The summed E-state index contributed by atoms with van der Waals surface area (Å²) in [7, 11) is 0. The molecule has 1 saturated heterocycles. The van der Waals surface area contributed by atoms with Gasteiger partial charge in [-0.3, -0.25) is 19.4 Å². The highest BCUT2D eigenvalue weighted by molar-refractivity contribution is 6.30. The molecule has 1 aliphatic heterocycles. The number of anilines is 1. The van der Waals surface area contributed by atoms with E-state index in [2.05, 4.69) is 4.98 Å². The number of H-pyrrole nitrogens is 2. The van der Waals surface area contributed by atoms with E-state index < -0.39 is 34.9 Å². The lowest BCUT2D eigenvalue weighted by atomic mass is 9.85.